The average molecular weight is 346 g/mol. The lowest BCUT2D eigenvalue weighted by atomic mass is 10.1. The molecular formula is C22H22N2O2. The highest BCUT2D eigenvalue weighted by molar-refractivity contribution is 6.20. The molecule has 0 unspecified atom stereocenters. The van der Waals surface area contributed by atoms with Gasteiger partial charge in [-0.3, -0.25) is 0 Å². The van der Waals surface area contributed by atoms with E-state index < -0.39 is 0 Å². The van der Waals surface area contributed by atoms with Crippen LogP contribution in [0.25, 0.3) is 11.6 Å². The molecule has 4 nitrogen and oxygen atoms in total. The second kappa shape index (κ2) is 8.30. The first-order valence-corrected chi connectivity index (χ1v) is 8.68. The summed E-state index contributed by atoms with van der Waals surface area (Å²) in [5.74, 6) is 0.237. The zero-order chi connectivity index (χ0) is 18.4. The van der Waals surface area contributed by atoms with Gasteiger partial charge in [0.05, 0.1) is 6.61 Å². The Balaban J connectivity index is 1.99. The third-order valence-corrected chi connectivity index (χ3v) is 4.04. The number of benzene rings is 2. The average Bonchev–Trinajstić information content (AvgIpc) is 3.10. The van der Waals surface area contributed by atoms with Crippen molar-refractivity contribution >= 4 is 17.6 Å². The highest BCUT2D eigenvalue weighted by Crippen LogP contribution is 2.20. The van der Waals surface area contributed by atoms with Crippen LogP contribution < -0.4 is 0 Å². The molecule has 0 amide bonds. The Labute approximate surface area is 153 Å². The maximum Gasteiger partial charge on any atom is 0.341 e. The van der Waals surface area contributed by atoms with E-state index in [0.717, 1.165) is 11.1 Å². The van der Waals surface area contributed by atoms with Crippen molar-refractivity contribution in [3.8, 4) is 0 Å². The molecule has 0 radical (unpaired) electrons. The lowest BCUT2D eigenvalue weighted by Crippen LogP contribution is -2.12. The fourth-order valence-corrected chi connectivity index (χ4v) is 2.71. The molecule has 4 heteroatoms. The molecule has 132 valence electrons. The minimum absolute atomic E-state index is 0.323. The number of hydrogen-bond acceptors (Lipinski definition) is 3. The highest BCUT2D eigenvalue weighted by Gasteiger charge is 2.18. The molecule has 1 aromatic heterocycles. The van der Waals surface area contributed by atoms with Crippen LogP contribution in [0.4, 0.5) is 0 Å². The van der Waals surface area contributed by atoms with Crippen molar-refractivity contribution in [2.45, 2.75) is 20.4 Å². The number of imidazole rings is 1. The summed E-state index contributed by atoms with van der Waals surface area (Å²) < 4.78 is 7.23. The van der Waals surface area contributed by atoms with Crippen molar-refractivity contribution in [2.75, 3.05) is 6.61 Å². The van der Waals surface area contributed by atoms with Crippen molar-refractivity contribution < 1.29 is 9.53 Å². The van der Waals surface area contributed by atoms with Gasteiger partial charge in [-0.15, -0.1) is 0 Å². The highest BCUT2D eigenvalue weighted by atomic mass is 16.5. The molecule has 3 aromatic rings. The summed E-state index contributed by atoms with van der Waals surface area (Å²) in [6.07, 6.45) is 5.42. The molecular weight excluding hydrogens is 324 g/mol. The van der Waals surface area contributed by atoms with Crippen LogP contribution in [0.5, 0.6) is 0 Å². The van der Waals surface area contributed by atoms with Gasteiger partial charge in [0.15, 0.2) is 0 Å². The molecule has 0 fully saturated rings. The fourth-order valence-electron chi connectivity index (χ4n) is 2.71. The van der Waals surface area contributed by atoms with Crippen LogP contribution >= 0.6 is 0 Å². The second-order valence-corrected chi connectivity index (χ2v) is 6.05. The van der Waals surface area contributed by atoms with E-state index in [1.54, 1.807) is 13.1 Å². The van der Waals surface area contributed by atoms with Gasteiger partial charge >= 0.3 is 5.97 Å². The summed E-state index contributed by atoms with van der Waals surface area (Å²) in [4.78, 5) is 17.0. The topological polar surface area (TPSA) is 44.1 Å². The van der Waals surface area contributed by atoms with Crippen LogP contribution in [-0.2, 0) is 16.1 Å². The van der Waals surface area contributed by atoms with Crippen molar-refractivity contribution in [3.05, 3.63) is 89.5 Å². The van der Waals surface area contributed by atoms with E-state index in [1.807, 2.05) is 66.2 Å². The van der Waals surface area contributed by atoms with Crippen LogP contribution in [0.2, 0.25) is 0 Å². The maximum atomic E-state index is 12.6. The first-order valence-electron chi connectivity index (χ1n) is 8.68. The van der Waals surface area contributed by atoms with Crippen molar-refractivity contribution in [2.24, 2.45) is 0 Å². The molecule has 0 aliphatic heterocycles. The fraction of sp³-hybridized carbons (Fsp3) is 0.182. The van der Waals surface area contributed by atoms with Gasteiger partial charge in [-0.2, -0.15) is 0 Å². The number of esters is 1. The number of carbonyl (C=O) groups excluding carboxylic acids is 1. The molecule has 26 heavy (non-hydrogen) atoms. The lowest BCUT2D eigenvalue weighted by Gasteiger charge is -2.11. The summed E-state index contributed by atoms with van der Waals surface area (Å²) in [7, 11) is 0. The minimum Gasteiger partial charge on any atom is -0.462 e. The summed E-state index contributed by atoms with van der Waals surface area (Å²) in [6.45, 7) is 4.80. The van der Waals surface area contributed by atoms with Gasteiger partial charge in [0.1, 0.15) is 11.4 Å². The molecule has 0 bridgehead atoms. The Morgan fingerprint density at radius 1 is 1.12 bits per heavy atom. The number of nitrogens with zero attached hydrogens (tertiary/aromatic N) is 2. The first-order chi connectivity index (χ1) is 12.7. The molecule has 2 aromatic carbocycles. The Kier molecular flexibility index (Phi) is 5.64. The quantitative estimate of drug-likeness (QED) is 0.492. The number of hydrogen-bond donors (Lipinski definition) is 0. The van der Waals surface area contributed by atoms with Gasteiger partial charge in [-0.25, -0.2) is 9.78 Å². The van der Waals surface area contributed by atoms with E-state index in [9.17, 15) is 4.79 Å². The van der Waals surface area contributed by atoms with Crippen LogP contribution in [0.3, 0.4) is 0 Å². The number of rotatable bonds is 6. The standard InChI is InChI=1S/C22H22N2O2/c1-3-26-22(25)20(15-18-11-9-17(2)10-12-18)21-23-13-14-24(21)16-19-7-5-4-6-8-19/h4-15H,3,16H2,1-2H3/b20-15+. The Morgan fingerprint density at radius 2 is 1.85 bits per heavy atom. The smallest absolute Gasteiger partial charge is 0.341 e. The number of carbonyl (C=O) groups is 1. The van der Waals surface area contributed by atoms with Crippen molar-refractivity contribution in [1.29, 1.82) is 0 Å². The molecule has 3 rings (SSSR count). The van der Waals surface area contributed by atoms with Crippen LogP contribution in [0, 0.1) is 6.92 Å². The SMILES string of the molecule is CCOC(=O)/C(=C/c1ccc(C)cc1)c1nccn1Cc1ccccc1. The van der Waals surface area contributed by atoms with Gasteiger partial charge in [0.25, 0.3) is 0 Å². The van der Waals surface area contributed by atoms with Crippen LogP contribution in [0.15, 0.2) is 67.0 Å². The monoisotopic (exact) mass is 346 g/mol. The maximum absolute atomic E-state index is 12.6. The van der Waals surface area contributed by atoms with E-state index in [4.69, 9.17) is 4.74 Å². The van der Waals surface area contributed by atoms with Gasteiger partial charge in [-0.05, 0) is 31.1 Å². The van der Waals surface area contributed by atoms with Crippen LogP contribution in [0.1, 0.15) is 29.4 Å². The van der Waals surface area contributed by atoms with E-state index in [2.05, 4.69) is 17.1 Å². The summed E-state index contributed by atoms with van der Waals surface area (Å²) in [5, 5.41) is 0. The minimum atomic E-state index is -0.367. The molecule has 0 saturated carbocycles. The Bertz CT molecular complexity index is 893. The number of aryl methyl sites for hydroxylation is 1. The van der Waals surface area contributed by atoms with E-state index in [1.165, 1.54) is 5.56 Å². The second-order valence-electron chi connectivity index (χ2n) is 6.05. The third kappa shape index (κ3) is 4.28. The van der Waals surface area contributed by atoms with Gasteiger partial charge in [-0.1, -0.05) is 60.2 Å². The molecule has 1 heterocycles. The zero-order valence-corrected chi connectivity index (χ0v) is 15.1. The zero-order valence-electron chi connectivity index (χ0n) is 15.1. The predicted octanol–water partition coefficient (Wildman–Crippen LogP) is 4.34. The lowest BCUT2D eigenvalue weighted by molar-refractivity contribution is -0.136. The summed E-state index contributed by atoms with van der Waals surface area (Å²) in [5.41, 5.74) is 3.71. The van der Waals surface area contributed by atoms with Gasteiger partial charge in [0.2, 0.25) is 0 Å². The molecule has 0 aliphatic rings. The Hall–Kier alpha value is -3.14. The molecule has 0 N–H and O–H groups in total. The Morgan fingerprint density at radius 3 is 2.54 bits per heavy atom. The van der Waals surface area contributed by atoms with Gasteiger partial charge in [0, 0.05) is 18.9 Å². The van der Waals surface area contributed by atoms with E-state index >= 15 is 0 Å². The van der Waals surface area contributed by atoms with Crippen LogP contribution in [-0.4, -0.2) is 22.1 Å². The molecule has 0 spiro atoms. The third-order valence-electron chi connectivity index (χ3n) is 4.04. The molecule has 0 atom stereocenters. The van der Waals surface area contributed by atoms with Crippen molar-refractivity contribution in [1.82, 2.24) is 9.55 Å². The molecule has 0 saturated heterocycles. The van der Waals surface area contributed by atoms with Crippen molar-refractivity contribution in [3.63, 3.8) is 0 Å². The first kappa shape index (κ1) is 17.7. The predicted molar refractivity (Wildman–Crippen MR) is 103 cm³/mol. The largest absolute Gasteiger partial charge is 0.462 e. The van der Waals surface area contributed by atoms with E-state index in [0.29, 0.717) is 24.5 Å². The van der Waals surface area contributed by atoms with Gasteiger partial charge < -0.3 is 9.30 Å². The summed E-state index contributed by atoms with van der Waals surface area (Å²) in [6, 6.07) is 18.1. The number of aromatic nitrogens is 2. The number of ether oxygens (including phenoxy) is 1. The van der Waals surface area contributed by atoms with E-state index in [-0.39, 0.29) is 5.97 Å². The summed E-state index contributed by atoms with van der Waals surface area (Å²) >= 11 is 0. The normalized spacial score (nSPS) is 11.4. The molecule has 0 aliphatic carbocycles.